The quantitative estimate of drug-likeness (QED) is 0.734. The predicted octanol–water partition coefficient (Wildman–Crippen LogP) is 0.772. The minimum Gasteiger partial charge on any atom is -0.495 e. The van der Waals surface area contributed by atoms with Crippen LogP contribution in [0.15, 0.2) is 18.2 Å². The molecule has 0 bridgehead atoms. The van der Waals surface area contributed by atoms with Gasteiger partial charge in [0.25, 0.3) is 0 Å². The van der Waals surface area contributed by atoms with Crippen LogP contribution in [-0.4, -0.2) is 18.9 Å². The lowest BCUT2D eigenvalue weighted by atomic mass is 10.3. The summed E-state index contributed by atoms with van der Waals surface area (Å²) in [6.45, 7) is 0. The van der Waals surface area contributed by atoms with E-state index in [9.17, 15) is 9.59 Å². The van der Waals surface area contributed by atoms with Crippen molar-refractivity contribution in [2.75, 3.05) is 12.4 Å². The molecule has 2 amide bonds. The number of carbonyl (C=O) groups is 2. The van der Waals surface area contributed by atoms with Crippen LogP contribution in [0.2, 0.25) is 5.02 Å². The van der Waals surface area contributed by atoms with Crippen molar-refractivity contribution >= 4 is 29.1 Å². The second kappa shape index (κ2) is 4.65. The average Bonchev–Trinajstić information content (AvgIpc) is 2.18. The van der Waals surface area contributed by atoms with Crippen LogP contribution in [0.4, 0.5) is 5.69 Å². The highest BCUT2D eigenvalue weighted by atomic mass is 35.5. The molecule has 0 heterocycles. The zero-order chi connectivity index (χ0) is 11.4. The Morgan fingerprint density at radius 2 is 2.13 bits per heavy atom. The van der Waals surface area contributed by atoms with Crippen LogP contribution in [0.3, 0.4) is 0 Å². The van der Waals surface area contributed by atoms with Crippen LogP contribution in [-0.2, 0) is 9.59 Å². The van der Waals surface area contributed by atoms with Crippen LogP contribution in [0.5, 0.6) is 5.75 Å². The first kappa shape index (κ1) is 11.3. The van der Waals surface area contributed by atoms with Gasteiger partial charge in [-0.3, -0.25) is 9.59 Å². The molecular weight excluding hydrogens is 220 g/mol. The number of nitrogens with one attached hydrogen (secondary N) is 1. The molecule has 0 aliphatic heterocycles. The summed E-state index contributed by atoms with van der Waals surface area (Å²) in [5, 5.41) is 2.69. The number of nitrogens with two attached hydrogens (primary N) is 1. The Bertz CT molecular complexity index is 406. The van der Waals surface area contributed by atoms with E-state index in [1.807, 2.05) is 0 Å². The summed E-state index contributed by atoms with van der Waals surface area (Å²) >= 11 is 5.71. The summed E-state index contributed by atoms with van der Waals surface area (Å²) in [7, 11) is 1.43. The molecule has 0 aliphatic rings. The lowest BCUT2D eigenvalue weighted by Crippen LogP contribution is -2.29. The van der Waals surface area contributed by atoms with Gasteiger partial charge in [0.05, 0.1) is 12.8 Å². The van der Waals surface area contributed by atoms with E-state index in [-0.39, 0.29) is 0 Å². The van der Waals surface area contributed by atoms with E-state index in [1.54, 1.807) is 12.1 Å². The largest absolute Gasteiger partial charge is 0.495 e. The van der Waals surface area contributed by atoms with Gasteiger partial charge in [-0.25, -0.2) is 0 Å². The number of hydrogen-bond donors (Lipinski definition) is 2. The van der Waals surface area contributed by atoms with E-state index in [2.05, 4.69) is 5.32 Å². The molecule has 0 aliphatic carbocycles. The van der Waals surface area contributed by atoms with Crippen molar-refractivity contribution in [3.63, 3.8) is 0 Å². The molecule has 0 aromatic heterocycles. The monoisotopic (exact) mass is 228 g/mol. The number of ether oxygens (including phenoxy) is 1. The lowest BCUT2D eigenvalue weighted by molar-refractivity contribution is -0.134. The van der Waals surface area contributed by atoms with Gasteiger partial charge in [-0.15, -0.1) is 0 Å². The fourth-order valence-electron chi connectivity index (χ4n) is 0.962. The van der Waals surface area contributed by atoms with E-state index in [1.165, 1.54) is 13.2 Å². The van der Waals surface area contributed by atoms with Crippen LogP contribution in [0, 0.1) is 0 Å². The molecule has 0 atom stereocenters. The topological polar surface area (TPSA) is 81.4 Å². The SMILES string of the molecule is COc1ccc(Cl)cc1NC(=O)C(N)=O. The number of amides is 2. The van der Waals surface area contributed by atoms with Crippen molar-refractivity contribution in [3.05, 3.63) is 23.2 Å². The summed E-state index contributed by atoms with van der Waals surface area (Å²) in [5.74, 6) is -1.60. The van der Waals surface area contributed by atoms with Gasteiger partial charge in [0.2, 0.25) is 0 Å². The van der Waals surface area contributed by atoms with E-state index in [0.717, 1.165) is 0 Å². The first-order valence-corrected chi connectivity index (χ1v) is 4.36. The smallest absolute Gasteiger partial charge is 0.313 e. The van der Waals surface area contributed by atoms with Gasteiger partial charge in [0.1, 0.15) is 5.75 Å². The maximum Gasteiger partial charge on any atom is 0.313 e. The fraction of sp³-hybridized carbons (Fsp3) is 0.111. The van der Waals surface area contributed by atoms with Gasteiger partial charge in [-0.05, 0) is 18.2 Å². The summed E-state index contributed by atoms with van der Waals surface area (Å²) in [6.07, 6.45) is 0. The molecule has 0 spiro atoms. The molecule has 0 fully saturated rings. The molecular formula is C9H9ClN2O3. The Hall–Kier alpha value is -1.75. The molecule has 0 saturated heterocycles. The number of methoxy groups -OCH3 is 1. The third kappa shape index (κ3) is 2.85. The highest BCUT2D eigenvalue weighted by Crippen LogP contribution is 2.27. The zero-order valence-electron chi connectivity index (χ0n) is 7.91. The van der Waals surface area contributed by atoms with Crippen molar-refractivity contribution < 1.29 is 14.3 Å². The van der Waals surface area contributed by atoms with Gasteiger partial charge in [0.15, 0.2) is 0 Å². The van der Waals surface area contributed by atoms with Crippen LogP contribution in [0.25, 0.3) is 0 Å². The van der Waals surface area contributed by atoms with Crippen molar-refractivity contribution in [2.45, 2.75) is 0 Å². The van der Waals surface area contributed by atoms with Gasteiger partial charge in [-0.1, -0.05) is 11.6 Å². The number of anilines is 1. The van der Waals surface area contributed by atoms with Crippen molar-refractivity contribution in [1.82, 2.24) is 0 Å². The second-order valence-corrected chi connectivity index (χ2v) is 3.10. The Labute approximate surface area is 91.2 Å². The standard InChI is InChI=1S/C9H9ClN2O3/c1-15-7-3-2-5(10)4-6(7)12-9(14)8(11)13/h2-4H,1H3,(H2,11,13)(H,12,14). The second-order valence-electron chi connectivity index (χ2n) is 2.66. The molecule has 0 saturated carbocycles. The molecule has 15 heavy (non-hydrogen) atoms. The number of primary amides is 1. The molecule has 0 radical (unpaired) electrons. The fourth-order valence-corrected chi connectivity index (χ4v) is 1.13. The highest BCUT2D eigenvalue weighted by Gasteiger charge is 2.12. The third-order valence-corrected chi connectivity index (χ3v) is 1.87. The Balaban J connectivity index is 2.97. The number of hydrogen-bond acceptors (Lipinski definition) is 3. The molecule has 80 valence electrons. The third-order valence-electron chi connectivity index (χ3n) is 1.63. The minimum atomic E-state index is -1.07. The Morgan fingerprint density at radius 3 is 2.67 bits per heavy atom. The van der Waals surface area contributed by atoms with Crippen LogP contribution >= 0.6 is 11.6 Å². The van der Waals surface area contributed by atoms with Gasteiger partial charge in [0, 0.05) is 5.02 Å². The van der Waals surface area contributed by atoms with Crippen LogP contribution < -0.4 is 15.8 Å². The Morgan fingerprint density at radius 1 is 1.47 bits per heavy atom. The van der Waals surface area contributed by atoms with Crippen molar-refractivity contribution in [2.24, 2.45) is 5.73 Å². The molecule has 5 nitrogen and oxygen atoms in total. The first-order chi connectivity index (χ1) is 7.04. The molecule has 1 rings (SSSR count). The maximum absolute atomic E-state index is 11.0. The maximum atomic E-state index is 11.0. The van der Waals surface area contributed by atoms with Gasteiger partial charge in [-0.2, -0.15) is 0 Å². The van der Waals surface area contributed by atoms with Crippen molar-refractivity contribution in [3.8, 4) is 5.75 Å². The predicted molar refractivity (Wildman–Crippen MR) is 55.8 cm³/mol. The van der Waals surface area contributed by atoms with Crippen molar-refractivity contribution in [1.29, 1.82) is 0 Å². The molecule has 1 aromatic carbocycles. The van der Waals surface area contributed by atoms with Gasteiger partial charge >= 0.3 is 11.8 Å². The number of halogens is 1. The lowest BCUT2D eigenvalue weighted by Gasteiger charge is -2.08. The van der Waals surface area contributed by atoms with Crippen LogP contribution in [0.1, 0.15) is 0 Å². The summed E-state index contributed by atoms with van der Waals surface area (Å²) in [6, 6.07) is 4.63. The molecule has 3 N–H and O–H groups in total. The van der Waals surface area contributed by atoms with E-state index < -0.39 is 11.8 Å². The number of rotatable bonds is 2. The minimum absolute atomic E-state index is 0.300. The Kier molecular flexibility index (Phi) is 3.51. The normalized spacial score (nSPS) is 9.47. The van der Waals surface area contributed by atoms with E-state index >= 15 is 0 Å². The summed E-state index contributed by atoms with van der Waals surface area (Å²) in [4.78, 5) is 21.5. The summed E-state index contributed by atoms with van der Waals surface area (Å²) in [5.41, 5.74) is 5.09. The highest BCUT2D eigenvalue weighted by molar-refractivity contribution is 6.39. The van der Waals surface area contributed by atoms with E-state index in [4.69, 9.17) is 22.1 Å². The van der Waals surface area contributed by atoms with Gasteiger partial charge < -0.3 is 15.8 Å². The van der Waals surface area contributed by atoms with E-state index in [0.29, 0.717) is 16.5 Å². The average molecular weight is 229 g/mol. The molecule has 6 heteroatoms. The first-order valence-electron chi connectivity index (χ1n) is 3.99. The molecule has 1 aromatic rings. The molecule has 0 unspecified atom stereocenters. The number of benzene rings is 1. The summed E-state index contributed by atoms with van der Waals surface area (Å²) < 4.78 is 4.96. The zero-order valence-corrected chi connectivity index (χ0v) is 8.67. The number of carbonyl (C=O) groups excluding carboxylic acids is 2.